The molecule has 0 fully saturated rings. The lowest BCUT2D eigenvalue weighted by Crippen LogP contribution is -2.29. The molecule has 10 aromatic carbocycles. The van der Waals surface area contributed by atoms with Gasteiger partial charge in [-0.2, -0.15) is 0 Å². The zero-order chi connectivity index (χ0) is 56.5. The van der Waals surface area contributed by atoms with Crippen molar-refractivity contribution in [2.45, 2.75) is 5.41 Å². The van der Waals surface area contributed by atoms with Crippen molar-refractivity contribution in [3.63, 3.8) is 0 Å². The van der Waals surface area contributed by atoms with E-state index in [2.05, 4.69) is 265 Å². The number of nitrogens with zero attached hydrogens (tertiary/aromatic N) is 5. The molecule has 15 rings (SSSR count). The van der Waals surface area contributed by atoms with E-state index in [1.807, 2.05) is 67.4 Å². The van der Waals surface area contributed by atoms with Crippen LogP contribution in [0.2, 0.25) is 0 Å². The molecule has 0 N–H and O–H groups in total. The van der Waals surface area contributed by atoms with Crippen LogP contribution in [0.25, 0.3) is 123 Å². The molecule has 0 saturated carbocycles. The number of hydrogen-bond donors (Lipinski definition) is 0. The Hall–Kier alpha value is -11.3. The summed E-state index contributed by atoms with van der Waals surface area (Å²) in [5.41, 5.74) is 26.5. The average molecular weight is 1080 g/mol. The Morgan fingerprint density at radius 2 is 0.553 bits per heavy atom. The summed E-state index contributed by atoms with van der Waals surface area (Å²) in [6.45, 7) is 0. The maximum Gasteiger partial charge on any atom is 0.159 e. The van der Waals surface area contributed by atoms with Gasteiger partial charge < -0.3 is 0 Å². The third-order valence-electron chi connectivity index (χ3n) is 16.7. The molecular formula is C80H53N5. The lowest BCUT2D eigenvalue weighted by atomic mass is 9.65. The van der Waals surface area contributed by atoms with Crippen LogP contribution in [0, 0.1) is 0 Å². The number of rotatable bonds is 12. The Morgan fingerprint density at radius 3 is 1.02 bits per heavy atom. The highest BCUT2D eigenvalue weighted by Crippen LogP contribution is 2.59. The minimum Gasteiger partial charge on any atom is -0.256 e. The Morgan fingerprint density at radius 1 is 0.188 bits per heavy atom. The van der Waals surface area contributed by atoms with E-state index in [4.69, 9.17) is 15.0 Å². The van der Waals surface area contributed by atoms with Gasteiger partial charge in [0.1, 0.15) is 0 Å². The van der Waals surface area contributed by atoms with Gasteiger partial charge in [-0.15, -0.1) is 0 Å². The lowest BCUT2D eigenvalue weighted by molar-refractivity contribution is 0.771. The molecule has 0 amide bonds. The second kappa shape index (κ2) is 21.9. The van der Waals surface area contributed by atoms with Gasteiger partial charge in [0.25, 0.3) is 0 Å². The Bertz CT molecular complexity index is 4550. The van der Waals surface area contributed by atoms with E-state index in [-0.39, 0.29) is 0 Å². The summed E-state index contributed by atoms with van der Waals surface area (Å²) >= 11 is 0. The fraction of sp³-hybridized carbons (Fsp3) is 0.0125. The standard InChI is InChI=1S/C80H53N5/c1-3-23-66(64(21-1)54-34-38-56(39-35-54)76-31-11-14-44-81-76)60-49-61(67-24-4-2-22-65(67)55-36-40-57(41-37-55)77-32-12-15-45-82-77)51-62(50-60)68-25-5-6-26-69(68)72-43-42-59(79-84-47-18-48-85-79)53-75(72)80(63-20-17-19-58(52-63)78-33-13-16-46-83-78)73-29-9-7-27-70(73)71-28-8-10-30-74(71)80/h1-53H. The van der Waals surface area contributed by atoms with Crippen molar-refractivity contribution < 1.29 is 0 Å². The second-order valence-electron chi connectivity index (χ2n) is 21.5. The predicted molar refractivity (Wildman–Crippen MR) is 347 cm³/mol. The van der Waals surface area contributed by atoms with Crippen LogP contribution >= 0.6 is 0 Å². The summed E-state index contributed by atoms with van der Waals surface area (Å²) < 4.78 is 0. The molecule has 1 aliphatic carbocycles. The number of pyridine rings is 3. The molecule has 1 aliphatic rings. The first-order valence-electron chi connectivity index (χ1n) is 28.8. The highest BCUT2D eigenvalue weighted by atomic mass is 14.9. The molecule has 85 heavy (non-hydrogen) atoms. The molecule has 398 valence electrons. The summed E-state index contributed by atoms with van der Waals surface area (Å²) in [5, 5.41) is 0. The van der Waals surface area contributed by atoms with Crippen LogP contribution in [0.15, 0.2) is 322 Å². The van der Waals surface area contributed by atoms with Crippen LogP contribution in [-0.2, 0) is 5.41 Å². The van der Waals surface area contributed by atoms with E-state index in [9.17, 15) is 0 Å². The predicted octanol–water partition coefficient (Wildman–Crippen LogP) is 19.7. The monoisotopic (exact) mass is 1080 g/mol. The fourth-order valence-electron chi connectivity index (χ4n) is 12.9. The number of fused-ring (bicyclic) bond motifs is 3. The van der Waals surface area contributed by atoms with Crippen LogP contribution in [-0.4, -0.2) is 24.9 Å². The van der Waals surface area contributed by atoms with Crippen LogP contribution in [0.1, 0.15) is 22.3 Å². The molecule has 0 aliphatic heterocycles. The van der Waals surface area contributed by atoms with Gasteiger partial charge in [0.15, 0.2) is 5.82 Å². The Labute approximate surface area is 495 Å². The largest absolute Gasteiger partial charge is 0.256 e. The zero-order valence-corrected chi connectivity index (χ0v) is 46.3. The summed E-state index contributed by atoms with van der Waals surface area (Å²) in [7, 11) is 0. The third kappa shape index (κ3) is 9.21. The van der Waals surface area contributed by atoms with Gasteiger partial charge in [0.05, 0.1) is 22.5 Å². The topological polar surface area (TPSA) is 64.5 Å². The van der Waals surface area contributed by atoms with Crippen molar-refractivity contribution in [3.8, 4) is 123 Å². The molecular weight excluding hydrogens is 1030 g/mol. The van der Waals surface area contributed by atoms with Gasteiger partial charge in [-0.1, -0.05) is 218 Å². The van der Waals surface area contributed by atoms with E-state index < -0.39 is 5.41 Å². The number of hydrogen-bond acceptors (Lipinski definition) is 5. The molecule has 0 atom stereocenters. The van der Waals surface area contributed by atoms with Crippen molar-refractivity contribution in [2.75, 3.05) is 0 Å². The van der Waals surface area contributed by atoms with Gasteiger partial charge in [0.2, 0.25) is 0 Å². The van der Waals surface area contributed by atoms with E-state index in [0.717, 1.165) is 117 Å². The van der Waals surface area contributed by atoms with Crippen LogP contribution in [0.5, 0.6) is 0 Å². The average Bonchev–Trinajstić information content (AvgIpc) is 1.63. The number of benzene rings is 10. The van der Waals surface area contributed by atoms with Crippen LogP contribution in [0.4, 0.5) is 0 Å². The van der Waals surface area contributed by atoms with E-state index in [1.165, 1.54) is 22.3 Å². The van der Waals surface area contributed by atoms with E-state index in [1.54, 1.807) is 0 Å². The first-order chi connectivity index (χ1) is 42.2. The maximum atomic E-state index is 4.88. The number of aromatic nitrogens is 5. The first kappa shape index (κ1) is 50.7. The highest BCUT2D eigenvalue weighted by molar-refractivity contribution is 5.97. The van der Waals surface area contributed by atoms with Crippen molar-refractivity contribution in [2.24, 2.45) is 0 Å². The maximum absolute atomic E-state index is 4.88. The lowest BCUT2D eigenvalue weighted by Gasteiger charge is -2.36. The molecule has 0 unspecified atom stereocenters. The van der Waals surface area contributed by atoms with Crippen molar-refractivity contribution in [3.05, 3.63) is 344 Å². The SMILES string of the molecule is c1ccc(-c2ccc(-c3ccccc3-c3cc(-c4ccccc4-c4ccc(-c5ccccn5)cc4)cc(-c4ccccc4-c4ccc(-c5ncccn5)cc4C4(c5cccc(-c6ccccn6)c5)c5ccccc5-c5ccccc54)c3)cc2)nc1. The summed E-state index contributed by atoms with van der Waals surface area (Å²) in [6.07, 6.45) is 9.22. The van der Waals surface area contributed by atoms with Gasteiger partial charge in [-0.05, 0) is 173 Å². The summed E-state index contributed by atoms with van der Waals surface area (Å²) in [4.78, 5) is 23.9. The Balaban J connectivity index is 0.976. The molecule has 0 bridgehead atoms. The minimum absolute atomic E-state index is 0.660. The van der Waals surface area contributed by atoms with E-state index >= 15 is 0 Å². The van der Waals surface area contributed by atoms with Crippen LogP contribution in [0.3, 0.4) is 0 Å². The minimum atomic E-state index is -0.811. The normalized spacial score (nSPS) is 12.1. The molecule has 0 saturated heterocycles. The summed E-state index contributed by atoms with van der Waals surface area (Å²) in [5.74, 6) is 0.660. The Kier molecular flexibility index (Phi) is 13.1. The molecule has 14 aromatic rings. The molecule has 4 heterocycles. The molecule has 4 aromatic heterocycles. The van der Waals surface area contributed by atoms with Crippen molar-refractivity contribution in [1.29, 1.82) is 0 Å². The quantitative estimate of drug-likeness (QED) is 0.122. The van der Waals surface area contributed by atoms with Gasteiger partial charge in [-0.25, -0.2) is 9.97 Å². The van der Waals surface area contributed by atoms with Crippen molar-refractivity contribution >= 4 is 0 Å². The highest BCUT2D eigenvalue weighted by Gasteiger charge is 2.47. The first-order valence-corrected chi connectivity index (χ1v) is 28.8. The van der Waals surface area contributed by atoms with Gasteiger partial charge in [0, 0.05) is 53.2 Å². The fourth-order valence-corrected chi connectivity index (χ4v) is 12.9. The molecule has 0 radical (unpaired) electrons. The molecule has 0 spiro atoms. The van der Waals surface area contributed by atoms with Gasteiger partial charge >= 0.3 is 0 Å². The smallest absolute Gasteiger partial charge is 0.159 e. The summed E-state index contributed by atoms with van der Waals surface area (Å²) in [6, 6.07) is 105. The van der Waals surface area contributed by atoms with E-state index in [0.29, 0.717) is 5.82 Å². The second-order valence-corrected chi connectivity index (χ2v) is 21.5. The van der Waals surface area contributed by atoms with Gasteiger partial charge in [-0.3, -0.25) is 15.0 Å². The molecule has 5 nitrogen and oxygen atoms in total. The third-order valence-corrected chi connectivity index (χ3v) is 16.7. The van der Waals surface area contributed by atoms with Crippen molar-refractivity contribution in [1.82, 2.24) is 24.9 Å². The molecule has 5 heteroatoms. The zero-order valence-electron chi connectivity index (χ0n) is 46.3. The van der Waals surface area contributed by atoms with Crippen LogP contribution < -0.4 is 0 Å².